The van der Waals surface area contributed by atoms with Crippen LogP contribution in [0.2, 0.25) is 5.02 Å². The van der Waals surface area contributed by atoms with Crippen LogP contribution in [0.25, 0.3) is 0 Å². The Morgan fingerprint density at radius 1 is 1.16 bits per heavy atom. The van der Waals surface area contributed by atoms with Crippen molar-refractivity contribution in [2.24, 2.45) is 11.3 Å². The van der Waals surface area contributed by atoms with Gasteiger partial charge in [-0.05, 0) is 36.8 Å². The molecule has 1 aliphatic rings. The van der Waals surface area contributed by atoms with Crippen LogP contribution in [-0.2, 0) is 6.42 Å². The van der Waals surface area contributed by atoms with Crippen LogP contribution in [-0.4, -0.2) is 11.8 Å². The van der Waals surface area contributed by atoms with Crippen molar-refractivity contribution in [3.8, 4) is 0 Å². The third-order valence-corrected chi connectivity index (χ3v) is 5.68. The maximum absolute atomic E-state index is 14.1. The van der Waals surface area contributed by atoms with E-state index in [1.807, 2.05) is 0 Å². The lowest BCUT2D eigenvalue weighted by molar-refractivity contribution is 0.223. The Labute approximate surface area is 129 Å². The molecule has 0 amide bonds. The Bertz CT molecular complexity index is 423. The molecule has 1 aromatic rings. The van der Waals surface area contributed by atoms with Crippen molar-refractivity contribution < 1.29 is 4.39 Å². The highest BCUT2D eigenvalue weighted by atomic mass is 35.5. The maximum Gasteiger partial charge on any atom is 0.144 e. The van der Waals surface area contributed by atoms with Crippen molar-refractivity contribution in [3.63, 3.8) is 0 Å². The fourth-order valence-electron chi connectivity index (χ4n) is 3.10. The van der Waals surface area contributed by atoms with Crippen LogP contribution in [0.3, 0.4) is 0 Å². The Kier molecular flexibility index (Phi) is 5.39. The zero-order valence-electron chi connectivity index (χ0n) is 10.8. The molecule has 1 aromatic carbocycles. The Balaban J connectivity index is 2.27. The van der Waals surface area contributed by atoms with Crippen LogP contribution in [0, 0.1) is 17.2 Å². The molecule has 1 saturated carbocycles. The van der Waals surface area contributed by atoms with E-state index in [-0.39, 0.29) is 16.3 Å². The minimum Gasteiger partial charge on any atom is -0.205 e. The van der Waals surface area contributed by atoms with Crippen molar-refractivity contribution >= 4 is 34.8 Å². The van der Waals surface area contributed by atoms with Crippen molar-refractivity contribution in [1.29, 1.82) is 0 Å². The smallest absolute Gasteiger partial charge is 0.144 e. The molecule has 0 aromatic heterocycles. The van der Waals surface area contributed by atoms with E-state index in [0.29, 0.717) is 29.7 Å². The predicted molar refractivity (Wildman–Crippen MR) is 80.9 cm³/mol. The summed E-state index contributed by atoms with van der Waals surface area (Å²) >= 11 is 18.3. The topological polar surface area (TPSA) is 0 Å². The van der Waals surface area contributed by atoms with Crippen molar-refractivity contribution in [2.45, 2.75) is 32.1 Å². The monoisotopic (exact) mass is 322 g/mol. The first-order chi connectivity index (χ1) is 9.13. The van der Waals surface area contributed by atoms with Crippen molar-refractivity contribution in [2.75, 3.05) is 11.8 Å². The largest absolute Gasteiger partial charge is 0.205 e. The summed E-state index contributed by atoms with van der Waals surface area (Å²) < 4.78 is 14.1. The molecular weight excluding hydrogens is 306 g/mol. The molecule has 4 heteroatoms. The molecule has 0 spiro atoms. The molecule has 0 atom stereocenters. The van der Waals surface area contributed by atoms with Crippen LogP contribution in [0.1, 0.15) is 31.2 Å². The molecule has 0 radical (unpaired) electrons. The summed E-state index contributed by atoms with van der Waals surface area (Å²) in [6.45, 7) is 0. The Hall–Kier alpha value is 0.0200. The van der Waals surface area contributed by atoms with Gasteiger partial charge in [0.1, 0.15) is 5.82 Å². The number of hydrogen-bond donors (Lipinski definition) is 0. The SMILES string of the molecule is Fc1c(Cl)cccc1CC(CCl)(CCl)C1CCCC1. The molecule has 0 nitrogen and oxygen atoms in total. The lowest BCUT2D eigenvalue weighted by Gasteiger charge is -2.36. The number of hydrogen-bond acceptors (Lipinski definition) is 0. The zero-order chi connectivity index (χ0) is 13.9. The summed E-state index contributed by atoms with van der Waals surface area (Å²) in [6.07, 6.45) is 5.29. The second kappa shape index (κ2) is 6.65. The predicted octanol–water partition coefficient (Wildman–Crippen LogP) is 5.68. The summed E-state index contributed by atoms with van der Waals surface area (Å²) in [5, 5.41) is 0.168. The van der Waals surface area contributed by atoms with Gasteiger partial charge in [0.15, 0.2) is 0 Å². The first kappa shape index (κ1) is 15.4. The lowest BCUT2D eigenvalue weighted by Crippen LogP contribution is -2.36. The fraction of sp³-hybridized carbons (Fsp3) is 0.600. The van der Waals surface area contributed by atoms with Gasteiger partial charge in [0, 0.05) is 17.2 Å². The molecular formula is C15H18Cl3F. The highest BCUT2D eigenvalue weighted by Crippen LogP contribution is 2.44. The van der Waals surface area contributed by atoms with Gasteiger partial charge >= 0.3 is 0 Å². The van der Waals surface area contributed by atoms with E-state index in [0.717, 1.165) is 12.8 Å². The van der Waals surface area contributed by atoms with Crippen LogP contribution in [0.4, 0.5) is 4.39 Å². The van der Waals surface area contributed by atoms with E-state index < -0.39 is 0 Å². The summed E-state index contributed by atoms with van der Waals surface area (Å²) in [6, 6.07) is 5.13. The van der Waals surface area contributed by atoms with Crippen LogP contribution < -0.4 is 0 Å². The van der Waals surface area contributed by atoms with Gasteiger partial charge in [-0.2, -0.15) is 0 Å². The zero-order valence-corrected chi connectivity index (χ0v) is 13.0. The third-order valence-electron chi connectivity index (χ3n) is 4.33. The number of halogens is 4. The fourth-order valence-corrected chi connectivity index (χ4v) is 4.20. The van der Waals surface area contributed by atoms with E-state index in [2.05, 4.69) is 0 Å². The molecule has 1 aliphatic carbocycles. The molecule has 0 N–H and O–H groups in total. The third kappa shape index (κ3) is 3.20. The molecule has 2 rings (SSSR count). The van der Waals surface area contributed by atoms with Crippen molar-refractivity contribution in [3.05, 3.63) is 34.6 Å². The first-order valence-corrected chi connectivity index (χ1v) is 8.12. The van der Waals surface area contributed by atoms with E-state index in [4.69, 9.17) is 34.8 Å². The number of benzene rings is 1. The molecule has 0 unspecified atom stereocenters. The van der Waals surface area contributed by atoms with Crippen molar-refractivity contribution in [1.82, 2.24) is 0 Å². The average molecular weight is 324 g/mol. The quantitative estimate of drug-likeness (QED) is 0.612. The maximum atomic E-state index is 14.1. The average Bonchev–Trinajstić information content (AvgIpc) is 2.95. The first-order valence-electron chi connectivity index (χ1n) is 6.68. The summed E-state index contributed by atoms with van der Waals surface area (Å²) in [5.74, 6) is 1.09. The molecule has 0 bridgehead atoms. The van der Waals surface area contributed by atoms with Crippen LogP contribution >= 0.6 is 34.8 Å². The van der Waals surface area contributed by atoms with Gasteiger partial charge in [0.2, 0.25) is 0 Å². The van der Waals surface area contributed by atoms with E-state index in [9.17, 15) is 4.39 Å². The Morgan fingerprint density at radius 3 is 2.37 bits per heavy atom. The molecule has 0 heterocycles. The van der Waals surface area contributed by atoms with E-state index in [1.165, 1.54) is 12.8 Å². The van der Waals surface area contributed by atoms with Crippen LogP contribution in [0.5, 0.6) is 0 Å². The highest BCUT2D eigenvalue weighted by molar-refractivity contribution is 6.30. The molecule has 19 heavy (non-hydrogen) atoms. The number of alkyl halides is 2. The Morgan fingerprint density at radius 2 is 1.79 bits per heavy atom. The lowest BCUT2D eigenvalue weighted by atomic mass is 9.73. The van der Waals surface area contributed by atoms with Gasteiger partial charge in [-0.3, -0.25) is 0 Å². The minimum atomic E-state index is -0.332. The van der Waals surface area contributed by atoms with E-state index in [1.54, 1.807) is 18.2 Å². The van der Waals surface area contributed by atoms with Crippen LogP contribution in [0.15, 0.2) is 18.2 Å². The summed E-state index contributed by atoms with van der Waals surface area (Å²) in [4.78, 5) is 0. The van der Waals surface area contributed by atoms with Gasteiger partial charge in [-0.15, -0.1) is 23.2 Å². The highest BCUT2D eigenvalue weighted by Gasteiger charge is 2.39. The van der Waals surface area contributed by atoms with Gasteiger partial charge < -0.3 is 0 Å². The molecule has 0 aliphatic heterocycles. The van der Waals surface area contributed by atoms with E-state index >= 15 is 0 Å². The van der Waals surface area contributed by atoms with Gasteiger partial charge in [0.25, 0.3) is 0 Å². The molecule has 1 fully saturated rings. The van der Waals surface area contributed by atoms with Gasteiger partial charge in [0.05, 0.1) is 5.02 Å². The minimum absolute atomic E-state index is 0.168. The second-order valence-corrected chi connectivity index (χ2v) is 6.44. The van der Waals surface area contributed by atoms with Gasteiger partial charge in [-0.1, -0.05) is 36.6 Å². The molecule has 0 saturated heterocycles. The number of rotatable bonds is 5. The normalized spacial score (nSPS) is 17.1. The summed E-state index contributed by atoms with van der Waals surface area (Å²) in [5.41, 5.74) is 0.409. The second-order valence-electron chi connectivity index (χ2n) is 5.50. The van der Waals surface area contributed by atoms with Gasteiger partial charge in [-0.25, -0.2) is 4.39 Å². The standard InChI is InChI=1S/C15H18Cl3F/c16-9-15(10-17,12-5-1-2-6-12)8-11-4-3-7-13(18)14(11)19/h3-4,7,12H,1-2,5-6,8-10H2. The summed E-state index contributed by atoms with van der Waals surface area (Å²) in [7, 11) is 0. The molecule has 106 valence electrons.